The Kier molecular flexibility index (Phi) is 12.0. The van der Waals surface area contributed by atoms with Crippen LogP contribution in [-0.4, -0.2) is 77.1 Å². The molecule has 1 fully saturated rings. The van der Waals surface area contributed by atoms with E-state index in [1.165, 1.54) is 0 Å². The van der Waals surface area contributed by atoms with Crippen molar-refractivity contribution in [2.45, 2.75) is 57.5 Å². The molecule has 1 aliphatic heterocycles. The number of piperidine rings is 1. The number of hydrogen-bond donors (Lipinski definition) is 1. The number of esters is 1. The van der Waals surface area contributed by atoms with E-state index in [2.05, 4.69) is 20.9 Å². The maximum Gasteiger partial charge on any atom is 0.305 e. The number of nitrogens with one attached hydrogen (secondary N) is 1. The number of benzene rings is 3. The molecule has 0 bridgehead atoms. The maximum absolute atomic E-state index is 13.2. The number of anilines is 1. The molecule has 1 aromatic heterocycles. The van der Waals surface area contributed by atoms with Crippen LogP contribution in [-0.2, 0) is 16.1 Å². The number of aryl methyl sites for hydroxylation is 1. The van der Waals surface area contributed by atoms with Gasteiger partial charge in [0.15, 0.2) is 0 Å². The molecule has 1 unspecified atom stereocenters. The second-order valence-corrected chi connectivity index (χ2v) is 12.8. The Morgan fingerprint density at radius 2 is 1.74 bits per heavy atom. The third-order valence-electron chi connectivity index (χ3n) is 8.71. The number of halogens is 2. The Bertz CT molecular complexity index is 1600. The highest BCUT2D eigenvalue weighted by Gasteiger charge is 2.24. The van der Waals surface area contributed by atoms with Crippen molar-refractivity contribution < 1.29 is 14.3 Å². The van der Waals surface area contributed by atoms with Crippen LogP contribution < -0.4 is 5.32 Å². The molecule has 0 radical (unpaired) electrons. The smallest absolute Gasteiger partial charge is 0.305 e. The molecule has 0 aliphatic carbocycles. The van der Waals surface area contributed by atoms with Crippen molar-refractivity contribution in [2.75, 3.05) is 45.2 Å². The summed E-state index contributed by atoms with van der Waals surface area (Å²) in [7, 11) is 1.86. The first kappa shape index (κ1) is 33.8. The molecule has 8 nitrogen and oxygen atoms in total. The SMILES string of the molecule is CCOC(=O)CCCn1c(NC2CCN(CCC(CN(C)C(=O)c3ccccc3)c3ccc(Cl)c(Cl)c3)CC2)nc2ccccc21. The number of rotatable bonds is 14. The fourth-order valence-electron chi connectivity index (χ4n) is 6.19. The third kappa shape index (κ3) is 8.81. The molecule has 10 heteroatoms. The Morgan fingerprint density at radius 1 is 1.00 bits per heavy atom. The highest BCUT2D eigenvalue weighted by atomic mass is 35.5. The van der Waals surface area contributed by atoms with Gasteiger partial charge in [-0.2, -0.15) is 0 Å². The predicted octanol–water partition coefficient (Wildman–Crippen LogP) is 7.51. The minimum atomic E-state index is -0.162. The highest BCUT2D eigenvalue weighted by Crippen LogP contribution is 2.30. The molecule has 0 spiro atoms. The predicted molar refractivity (Wildman–Crippen MR) is 186 cm³/mol. The van der Waals surface area contributed by atoms with Crippen LogP contribution in [0.15, 0.2) is 72.8 Å². The number of fused-ring (bicyclic) bond motifs is 1. The van der Waals surface area contributed by atoms with Crippen molar-refractivity contribution in [2.24, 2.45) is 0 Å². The van der Waals surface area contributed by atoms with E-state index in [1.54, 1.807) is 4.90 Å². The van der Waals surface area contributed by atoms with Crippen LogP contribution >= 0.6 is 23.2 Å². The van der Waals surface area contributed by atoms with E-state index in [1.807, 2.05) is 80.7 Å². The summed E-state index contributed by atoms with van der Waals surface area (Å²) in [6, 6.07) is 23.6. The maximum atomic E-state index is 13.2. The largest absolute Gasteiger partial charge is 0.466 e. The van der Waals surface area contributed by atoms with Crippen molar-refractivity contribution in [3.63, 3.8) is 0 Å². The first-order chi connectivity index (χ1) is 22.3. The zero-order chi connectivity index (χ0) is 32.5. The quantitative estimate of drug-likeness (QED) is 0.141. The average molecular weight is 665 g/mol. The molecule has 1 saturated heterocycles. The first-order valence-corrected chi connectivity index (χ1v) is 16.9. The van der Waals surface area contributed by atoms with Gasteiger partial charge < -0.3 is 24.4 Å². The summed E-state index contributed by atoms with van der Waals surface area (Å²) in [5.74, 6) is 0.807. The van der Waals surface area contributed by atoms with E-state index in [9.17, 15) is 9.59 Å². The average Bonchev–Trinajstić information content (AvgIpc) is 3.41. The summed E-state index contributed by atoms with van der Waals surface area (Å²) in [6.45, 7) is 6.35. The summed E-state index contributed by atoms with van der Waals surface area (Å²) in [5, 5.41) is 4.77. The van der Waals surface area contributed by atoms with Gasteiger partial charge in [0.05, 0.1) is 27.7 Å². The Labute approximate surface area is 281 Å². The number of likely N-dealkylation sites (tertiary alicyclic amines) is 1. The third-order valence-corrected chi connectivity index (χ3v) is 9.45. The van der Waals surface area contributed by atoms with Crippen molar-refractivity contribution in [1.82, 2.24) is 19.4 Å². The number of hydrogen-bond acceptors (Lipinski definition) is 6. The molecule has 244 valence electrons. The number of amides is 1. The lowest BCUT2D eigenvalue weighted by Gasteiger charge is -2.34. The standard InChI is InChI=1S/C36H43Cl2N5O3/c1-3-46-34(44)14-9-20-43-33-13-8-7-12-32(33)40-36(43)39-29-18-22-42(23-19-29)21-17-28(27-15-16-30(37)31(38)24-27)25-41(2)35(45)26-10-5-4-6-11-26/h4-8,10-13,15-16,24,28-29H,3,9,14,17-23,25H2,1-2H3,(H,39,40). The van der Waals surface area contributed by atoms with Gasteiger partial charge in [0.25, 0.3) is 5.91 Å². The number of aromatic nitrogens is 2. The summed E-state index contributed by atoms with van der Waals surface area (Å²) in [6.07, 6.45) is 3.96. The van der Waals surface area contributed by atoms with Crippen LogP contribution in [0.4, 0.5) is 5.95 Å². The van der Waals surface area contributed by atoms with Crippen molar-refractivity contribution in [3.05, 3.63) is 94.0 Å². The minimum Gasteiger partial charge on any atom is -0.466 e. The van der Waals surface area contributed by atoms with Gasteiger partial charge in [-0.1, -0.05) is 59.6 Å². The molecule has 1 N–H and O–H groups in total. The molecule has 4 aromatic rings. The molecule has 1 amide bonds. The first-order valence-electron chi connectivity index (χ1n) is 16.2. The number of carbonyl (C=O) groups is 2. The van der Waals surface area contributed by atoms with Gasteiger partial charge in [-0.3, -0.25) is 9.59 Å². The molecule has 3 aromatic carbocycles. The van der Waals surface area contributed by atoms with Gasteiger partial charge in [-0.25, -0.2) is 4.98 Å². The molecule has 1 atom stereocenters. The van der Waals surface area contributed by atoms with E-state index >= 15 is 0 Å². The fraction of sp³-hybridized carbons (Fsp3) is 0.417. The van der Waals surface area contributed by atoms with Gasteiger partial charge in [-0.05, 0) is 81.1 Å². The van der Waals surface area contributed by atoms with Gasteiger partial charge in [0.2, 0.25) is 5.95 Å². The second-order valence-electron chi connectivity index (χ2n) is 12.0. The highest BCUT2D eigenvalue weighted by molar-refractivity contribution is 6.42. The molecule has 1 aliphatic rings. The van der Waals surface area contributed by atoms with E-state index in [4.69, 9.17) is 32.9 Å². The van der Waals surface area contributed by atoms with Gasteiger partial charge in [0.1, 0.15) is 0 Å². The van der Waals surface area contributed by atoms with Crippen molar-refractivity contribution in [1.29, 1.82) is 0 Å². The molecule has 5 rings (SSSR count). The monoisotopic (exact) mass is 663 g/mol. The van der Waals surface area contributed by atoms with Gasteiger partial charge >= 0.3 is 5.97 Å². The van der Waals surface area contributed by atoms with Crippen molar-refractivity contribution >= 4 is 52.1 Å². The molecule has 0 saturated carbocycles. The normalized spacial score (nSPS) is 14.7. The number of imidazole rings is 1. The van der Waals surface area contributed by atoms with Crippen LogP contribution in [0, 0.1) is 0 Å². The zero-order valence-corrected chi connectivity index (χ0v) is 28.1. The zero-order valence-electron chi connectivity index (χ0n) is 26.6. The van der Waals surface area contributed by atoms with Crippen LogP contribution in [0.2, 0.25) is 10.0 Å². The summed E-state index contributed by atoms with van der Waals surface area (Å²) < 4.78 is 7.31. The number of carbonyl (C=O) groups excluding carboxylic acids is 2. The second kappa shape index (κ2) is 16.3. The van der Waals surface area contributed by atoms with Gasteiger partial charge in [0, 0.05) is 57.2 Å². The summed E-state index contributed by atoms with van der Waals surface area (Å²) >= 11 is 12.7. The number of likely N-dealkylation sites (N-methyl/N-ethyl adjacent to an activating group) is 1. The molecule has 2 heterocycles. The molecule has 46 heavy (non-hydrogen) atoms. The number of para-hydroxylation sites is 2. The fourth-order valence-corrected chi connectivity index (χ4v) is 6.50. The summed E-state index contributed by atoms with van der Waals surface area (Å²) in [5.41, 5.74) is 3.78. The summed E-state index contributed by atoms with van der Waals surface area (Å²) in [4.78, 5) is 34.3. The Balaban J connectivity index is 1.19. The van der Waals surface area contributed by atoms with Crippen LogP contribution in [0.5, 0.6) is 0 Å². The van der Waals surface area contributed by atoms with Crippen LogP contribution in [0.1, 0.15) is 60.9 Å². The Morgan fingerprint density at radius 3 is 2.48 bits per heavy atom. The number of ether oxygens (including phenoxy) is 1. The van der Waals surface area contributed by atoms with E-state index in [-0.39, 0.29) is 17.8 Å². The van der Waals surface area contributed by atoms with Crippen LogP contribution in [0.25, 0.3) is 11.0 Å². The molecular formula is C36H43Cl2N5O3. The number of nitrogens with zero attached hydrogens (tertiary/aromatic N) is 4. The minimum absolute atomic E-state index is 0.00413. The lowest BCUT2D eigenvalue weighted by Crippen LogP contribution is -2.40. The van der Waals surface area contributed by atoms with E-state index in [0.717, 1.165) is 61.4 Å². The van der Waals surface area contributed by atoms with Gasteiger partial charge in [-0.15, -0.1) is 0 Å². The topological polar surface area (TPSA) is 79.7 Å². The Hall–Kier alpha value is -3.59. The van der Waals surface area contributed by atoms with Crippen LogP contribution in [0.3, 0.4) is 0 Å². The van der Waals surface area contributed by atoms with E-state index < -0.39 is 0 Å². The molecular weight excluding hydrogens is 621 g/mol. The lowest BCUT2D eigenvalue weighted by atomic mass is 9.94. The van der Waals surface area contributed by atoms with Crippen molar-refractivity contribution in [3.8, 4) is 0 Å². The van der Waals surface area contributed by atoms with E-state index in [0.29, 0.717) is 54.2 Å². The lowest BCUT2D eigenvalue weighted by molar-refractivity contribution is -0.143.